The third-order valence-electron chi connectivity index (χ3n) is 2.57. The lowest BCUT2D eigenvalue weighted by atomic mass is 10.1. The summed E-state index contributed by atoms with van der Waals surface area (Å²) in [4.78, 5) is 22.8. The van der Waals surface area contributed by atoms with Crippen molar-refractivity contribution in [3.05, 3.63) is 24.2 Å². The number of Topliss-reactive ketones (excluding diaryl/α,β-unsaturated/α-hetero) is 1. The van der Waals surface area contributed by atoms with Gasteiger partial charge in [0.25, 0.3) is 0 Å². The van der Waals surface area contributed by atoms with Gasteiger partial charge in [0.1, 0.15) is 0 Å². The van der Waals surface area contributed by atoms with Crippen LogP contribution in [0.5, 0.6) is 0 Å². The van der Waals surface area contributed by atoms with Crippen LogP contribution in [0.4, 0.5) is 0 Å². The van der Waals surface area contributed by atoms with Gasteiger partial charge in [0, 0.05) is 0 Å². The van der Waals surface area contributed by atoms with Crippen molar-refractivity contribution in [2.24, 2.45) is 5.92 Å². The number of carboxylic acids is 1. The number of rotatable bonds is 8. The Balaban J connectivity index is 2.60. The topological polar surface area (TPSA) is 79.5 Å². The van der Waals surface area contributed by atoms with Crippen LogP contribution in [0.25, 0.3) is 0 Å². The van der Waals surface area contributed by atoms with Crippen LogP contribution in [0.2, 0.25) is 0 Å². The SMILES string of the molecule is CC(C)CCNC(CC(=O)O)C(=O)c1ccco1. The van der Waals surface area contributed by atoms with Crippen molar-refractivity contribution >= 4 is 11.8 Å². The van der Waals surface area contributed by atoms with E-state index in [-0.39, 0.29) is 18.0 Å². The Morgan fingerprint density at radius 3 is 2.67 bits per heavy atom. The number of carboxylic acid groups (broad SMARTS) is 1. The molecular weight excluding hydrogens is 234 g/mol. The van der Waals surface area contributed by atoms with Crippen molar-refractivity contribution in [3.8, 4) is 0 Å². The highest BCUT2D eigenvalue weighted by atomic mass is 16.4. The zero-order chi connectivity index (χ0) is 13.5. The summed E-state index contributed by atoms with van der Waals surface area (Å²) in [6, 6.07) is 2.42. The molecule has 0 aromatic carbocycles. The summed E-state index contributed by atoms with van der Waals surface area (Å²) in [6.07, 6.45) is 2.05. The van der Waals surface area contributed by atoms with E-state index >= 15 is 0 Å². The minimum atomic E-state index is -1.00. The highest BCUT2D eigenvalue weighted by Gasteiger charge is 2.24. The quantitative estimate of drug-likeness (QED) is 0.692. The Morgan fingerprint density at radius 2 is 2.17 bits per heavy atom. The molecule has 2 N–H and O–H groups in total. The maximum atomic E-state index is 12.0. The van der Waals surface area contributed by atoms with Crippen LogP contribution < -0.4 is 5.32 Å². The largest absolute Gasteiger partial charge is 0.481 e. The van der Waals surface area contributed by atoms with E-state index < -0.39 is 12.0 Å². The smallest absolute Gasteiger partial charge is 0.305 e. The molecule has 1 unspecified atom stereocenters. The van der Waals surface area contributed by atoms with Gasteiger partial charge in [-0.2, -0.15) is 0 Å². The molecule has 1 heterocycles. The van der Waals surface area contributed by atoms with Gasteiger partial charge in [-0.15, -0.1) is 0 Å². The first-order valence-corrected chi connectivity index (χ1v) is 6.03. The maximum absolute atomic E-state index is 12.0. The van der Waals surface area contributed by atoms with Gasteiger partial charge >= 0.3 is 5.97 Å². The van der Waals surface area contributed by atoms with Crippen molar-refractivity contribution in [1.82, 2.24) is 5.32 Å². The van der Waals surface area contributed by atoms with E-state index in [0.717, 1.165) is 6.42 Å². The molecule has 1 atom stereocenters. The number of carbonyl (C=O) groups excluding carboxylic acids is 1. The van der Waals surface area contributed by atoms with Crippen molar-refractivity contribution in [1.29, 1.82) is 0 Å². The van der Waals surface area contributed by atoms with Crippen molar-refractivity contribution < 1.29 is 19.1 Å². The Bertz CT molecular complexity index is 384. The van der Waals surface area contributed by atoms with Crippen LogP contribution in [0.1, 0.15) is 37.2 Å². The molecule has 1 aromatic rings. The van der Waals surface area contributed by atoms with Gasteiger partial charge in [-0.25, -0.2) is 0 Å². The lowest BCUT2D eigenvalue weighted by Gasteiger charge is -2.15. The minimum Gasteiger partial charge on any atom is -0.481 e. The molecule has 1 aromatic heterocycles. The molecule has 0 fully saturated rings. The second-order valence-corrected chi connectivity index (χ2v) is 4.63. The predicted molar refractivity (Wildman–Crippen MR) is 66.5 cm³/mol. The van der Waals surface area contributed by atoms with Gasteiger partial charge in [-0.1, -0.05) is 13.8 Å². The molecule has 0 bridgehead atoms. The molecule has 1 rings (SSSR count). The summed E-state index contributed by atoms with van der Waals surface area (Å²) in [5.41, 5.74) is 0. The van der Waals surface area contributed by atoms with E-state index in [1.807, 2.05) is 0 Å². The van der Waals surface area contributed by atoms with Crippen LogP contribution in [-0.2, 0) is 4.79 Å². The van der Waals surface area contributed by atoms with Gasteiger partial charge in [0.15, 0.2) is 5.76 Å². The molecule has 0 amide bonds. The number of ketones is 1. The average molecular weight is 253 g/mol. The molecule has 0 saturated carbocycles. The summed E-state index contributed by atoms with van der Waals surface area (Å²) < 4.78 is 5.00. The van der Waals surface area contributed by atoms with Gasteiger partial charge < -0.3 is 14.8 Å². The van der Waals surface area contributed by atoms with Crippen LogP contribution >= 0.6 is 0 Å². The number of hydrogen-bond donors (Lipinski definition) is 2. The molecule has 0 aliphatic carbocycles. The predicted octanol–water partition coefficient (Wildman–Crippen LogP) is 1.94. The van der Waals surface area contributed by atoms with Gasteiger partial charge in [-0.05, 0) is 31.0 Å². The zero-order valence-corrected chi connectivity index (χ0v) is 10.7. The summed E-state index contributed by atoms with van der Waals surface area (Å²) in [6.45, 7) is 4.76. The third-order valence-corrected chi connectivity index (χ3v) is 2.57. The molecule has 0 aliphatic heterocycles. The molecule has 18 heavy (non-hydrogen) atoms. The molecular formula is C13H19NO4. The average Bonchev–Trinajstić information content (AvgIpc) is 2.79. The fourth-order valence-electron chi connectivity index (χ4n) is 1.57. The van der Waals surface area contributed by atoms with Gasteiger partial charge in [-0.3, -0.25) is 9.59 Å². The van der Waals surface area contributed by atoms with Crippen LogP contribution in [0.3, 0.4) is 0 Å². The monoisotopic (exact) mass is 253 g/mol. The summed E-state index contributed by atoms with van der Waals surface area (Å²) in [5, 5.41) is 11.8. The van der Waals surface area contributed by atoms with Crippen molar-refractivity contribution in [3.63, 3.8) is 0 Å². The highest BCUT2D eigenvalue weighted by Crippen LogP contribution is 2.08. The number of aliphatic carboxylic acids is 1. The Labute approximate surface area is 106 Å². The number of hydrogen-bond acceptors (Lipinski definition) is 4. The number of carbonyl (C=O) groups is 2. The minimum absolute atomic E-state index is 0.193. The van der Waals surface area contributed by atoms with Crippen LogP contribution in [0.15, 0.2) is 22.8 Å². The second kappa shape index (κ2) is 6.96. The molecule has 0 radical (unpaired) electrons. The molecule has 5 heteroatoms. The lowest BCUT2D eigenvalue weighted by Crippen LogP contribution is -2.39. The lowest BCUT2D eigenvalue weighted by molar-refractivity contribution is -0.137. The maximum Gasteiger partial charge on any atom is 0.305 e. The third kappa shape index (κ3) is 4.71. The van der Waals surface area contributed by atoms with Crippen molar-refractivity contribution in [2.45, 2.75) is 32.7 Å². The highest BCUT2D eigenvalue weighted by molar-refractivity contribution is 5.99. The Hall–Kier alpha value is -1.62. The first kappa shape index (κ1) is 14.4. The zero-order valence-electron chi connectivity index (χ0n) is 10.7. The molecule has 0 saturated heterocycles. The molecule has 100 valence electrons. The fraction of sp³-hybridized carbons (Fsp3) is 0.538. The standard InChI is InChI=1S/C13H19NO4/c1-9(2)5-6-14-10(8-12(15)16)13(17)11-4-3-7-18-11/h3-4,7,9-10,14H,5-6,8H2,1-2H3,(H,15,16). The summed E-state index contributed by atoms with van der Waals surface area (Å²) >= 11 is 0. The summed E-state index contributed by atoms with van der Waals surface area (Å²) in [7, 11) is 0. The van der Waals surface area contributed by atoms with E-state index in [0.29, 0.717) is 12.5 Å². The normalized spacial score (nSPS) is 12.6. The first-order chi connectivity index (χ1) is 8.50. The van der Waals surface area contributed by atoms with Gasteiger partial charge in [0.2, 0.25) is 5.78 Å². The molecule has 0 spiro atoms. The first-order valence-electron chi connectivity index (χ1n) is 6.03. The Morgan fingerprint density at radius 1 is 1.44 bits per heavy atom. The second-order valence-electron chi connectivity index (χ2n) is 4.63. The Kier molecular flexibility index (Phi) is 5.58. The molecule has 5 nitrogen and oxygen atoms in total. The number of furan rings is 1. The van der Waals surface area contributed by atoms with Crippen molar-refractivity contribution in [2.75, 3.05) is 6.54 Å². The van der Waals surface area contributed by atoms with E-state index in [1.165, 1.54) is 6.26 Å². The summed E-state index contributed by atoms with van der Waals surface area (Å²) in [5.74, 6) is -0.622. The van der Waals surface area contributed by atoms with Crippen LogP contribution in [-0.4, -0.2) is 29.4 Å². The van der Waals surface area contributed by atoms with E-state index in [2.05, 4.69) is 19.2 Å². The van der Waals surface area contributed by atoms with E-state index in [1.54, 1.807) is 12.1 Å². The van der Waals surface area contributed by atoms with E-state index in [9.17, 15) is 9.59 Å². The number of nitrogens with one attached hydrogen (secondary N) is 1. The van der Waals surface area contributed by atoms with Crippen LogP contribution in [0, 0.1) is 5.92 Å². The van der Waals surface area contributed by atoms with E-state index in [4.69, 9.17) is 9.52 Å². The fourth-order valence-corrected chi connectivity index (χ4v) is 1.57. The van der Waals surface area contributed by atoms with Gasteiger partial charge in [0.05, 0.1) is 18.7 Å². The molecule has 0 aliphatic rings.